The number of benzene rings is 3. The number of aromatic nitrogens is 2. The van der Waals surface area contributed by atoms with Gasteiger partial charge in [-0.15, -0.1) is 0 Å². The van der Waals surface area contributed by atoms with Gasteiger partial charge >= 0.3 is 0 Å². The Morgan fingerprint density at radius 3 is 2.09 bits per heavy atom. The van der Waals surface area contributed by atoms with Crippen molar-refractivity contribution < 1.29 is 4.79 Å². The van der Waals surface area contributed by atoms with Crippen LogP contribution in [0.1, 0.15) is 38.2 Å². The van der Waals surface area contributed by atoms with Crippen molar-refractivity contribution in [3.05, 3.63) is 96.6 Å². The van der Waals surface area contributed by atoms with Crippen molar-refractivity contribution in [3.63, 3.8) is 0 Å². The molecule has 0 spiro atoms. The topological polar surface area (TPSA) is 46.9 Å². The minimum Gasteiger partial charge on any atom is -0.355 e. The fourth-order valence-corrected chi connectivity index (χ4v) is 5.24. The van der Waals surface area contributed by atoms with Gasteiger partial charge in [-0.25, -0.2) is 4.98 Å². The molecular weight excluding hydrogens is 450 g/mol. The van der Waals surface area contributed by atoms with E-state index in [1.54, 1.807) is 11.8 Å². The summed E-state index contributed by atoms with van der Waals surface area (Å²) in [6.45, 7) is 5.75. The van der Waals surface area contributed by atoms with Crippen molar-refractivity contribution in [2.45, 2.75) is 44.3 Å². The Labute approximate surface area is 212 Å². The molecule has 1 atom stereocenters. The molecule has 0 bridgehead atoms. The Balaban J connectivity index is 1.52. The molecule has 4 aromatic rings. The van der Waals surface area contributed by atoms with Crippen molar-refractivity contribution in [1.82, 2.24) is 14.9 Å². The molecule has 0 fully saturated rings. The van der Waals surface area contributed by atoms with E-state index in [0.717, 1.165) is 52.8 Å². The van der Waals surface area contributed by atoms with Crippen LogP contribution in [0.2, 0.25) is 0 Å². The molecule has 0 aliphatic rings. The molecule has 5 heteroatoms. The van der Waals surface area contributed by atoms with Crippen LogP contribution in [-0.2, 0) is 11.3 Å². The molecule has 1 N–H and O–H groups in total. The molecule has 0 aliphatic carbocycles. The Morgan fingerprint density at radius 2 is 1.49 bits per heavy atom. The first kappa shape index (κ1) is 24.8. The number of hydrogen-bond donors (Lipinski definition) is 1. The van der Waals surface area contributed by atoms with Crippen LogP contribution in [0.3, 0.4) is 0 Å². The lowest BCUT2D eigenvalue weighted by Gasteiger charge is -2.15. The average molecular weight is 484 g/mol. The van der Waals surface area contributed by atoms with Crippen molar-refractivity contribution in [1.29, 1.82) is 0 Å². The number of nitrogens with one attached hydrogen (secondary N) is 1. The second kappa shape index (κ2) is 12.4. The molecule has 1 unspecified atom stereocenters. The maximum absolute atomic E-state index is 12.8. The van der Waals surface area contributed by atoms with Gasteiger partial charge < -0.3 is 9.88 Å². The summed E-state index contributed by atoms with van der Waals surface area (Å²) in [6, 6.07) is 30.9. The van der Waals surface area contributed by atoms with Gasteiger partial charge in [-0.05, 0) is 18.4 Å². The predicted octanol–water partition coefficient (Wildman–Crippen LogP) is 7.03. The zero-order valence-corrected chi connectivity index (χ0v) is 21.3. The number of nitrogens with zero attached hydrogens (tertiary/aromatic N) is 2. The van der Waals surface area contributed by atoms with E-state index in [-0.39, 0.29) is 11.8 Å². The minimum atomic E-state index is -0.113. The maximum Gasteiger partial charge on any atom is 0.227 e. The van der Waals surface area contributed by atoms with E-state index >= 15 is 0 Å². The lowest BCUT2D eigenvalue weighted by molar-refractivity contribution is -0.122. The summed E-state index contributed by atoms with van der Waals surface area (Å²) in [5, 5.41) is 4.14. The van der Waals surface area contributed by atoms with Crippen molar-refractivity contribution in [2.75, 3.05) is 12.3 Å². The normalized spacial score (nSPS) is 11.8. The molecule has 0 aliphatic heterocycles. The van der Waals surface area contributed by atoms with Gasteiger partial charge in [0.1, 0.15) is 0 Å². The van der Waals surface area contributed by atoms with Crippen LogP contribution in [0, 0.1) is 0 Å². The molecule has 0 radical (unpaired) electrons. The van der Waals surface area contributed by atoms with Gasteiger partial charge in [0, 0.05) is 30.0 Å². The zero-order chi connectivity index (χ0) is 24.5. The van der Waals surface area contributed by atoms with Gasteiger partial charge in [-0.1, -0.05) is 117 Å². The third-order valence-corrected chi connectivity index (χ3v) is 7.01. The minimum absolute atomic E-state index is 0.0890. The van der Waals surface area contributed by atoms with E-state index in [1.807, 2.05) is 42.5 Å². The lowest BCUT2D eigenvalue weighted by atomic mass is 9.96. The van der Waals surface area contributed by atoms with E-state index in [9.17, 15) is 4.79 Å². The Morgan fingerprint density at radius 1 is 0.886 bits per heavy atom. The highest BCUT2D eigenvalue weighted by atomic mass is 32.2. The molecule has 1 aromatic heterocycles. The van der Waals surface area contributed by atoms with Gasteiger partial charge in [0.05, 0.1) is 17.3 Å². The number of rotatable bonds is 11. The number of carbonyl (C=O) groups excluding carboxylic acids is 1. The molecule has 1 amide bonds. The van der Waals surface area contributed by atoms with E-state index in [2.05, 4.69) is 72.3 Å². The van der Waals surface area contributed by atoms with Crippen LogP contribution in [0.4, 0.5) is 0 Å². The number of thioether (sulfide) groups is 1. The maximum atomic E-state index is 12.8. The van der Waals surface area contributed by atoms with E-state index in [0.29, 0.717) is 6.54 Å². The van der Waals surface area contributed by atoms with Crippen LogP contribution >= 0.6 is 11.8 Å². The van der Waals surface area contributed by atoms with Crippen LogP contribution in [0.5, 0.6) is 0 Å². The SMILES string of the molecule is CCCn1c(SCCNC(=O)C(CC)c2ccccc2)nc(-c2ccccc2)c1-c1ccccc1. The Bertz CT molecular complexity index is 1210. The summed E-state index contributed by atoms with van der Waals surface area (Å²) in [7, 11) is 0. The second-order valence-corrected chi connectivity index (χ2v) is 9.55. The van der Waals surface area contributed by atoms with Crippen LogP contribution in [-0.4, -0.2) is 27.8 Å². The molecule has 4 rings (SSSR count). The molecule has 35 heavy (non-hydrogen) atoms. The fraction of sp³-hybridized carbons (Fsp3) is 0.267. The lowest BCUT2D eigenvalue weighted by Crippen LogP contribution is -2.31. The summed E-state index contributed by atoms with van der Waals surface area (Å²) < 4.78 is 2.34. The van der Waals surface area contributed by atoms with Gasteiger partial charge in [-0.3, -0.25) is 4.79 Å². The molecule has 0 saturated heterocycles. The first-order valence-corrected chi connectivity index (χ1v) is 13.4. The first-order chi connectivity index (χ1) is 17.2. The summed E-state index contributed by atoms with van der Waals surface area (Å²) in [4.78, 5) is 17.9. The monoisotopic (exact) mass is 483 g/mol. The number of imidazole rings is 1. The second-order valence-electron chi connectivity index (χ2n) is 8.49. The summed E-state index contributed by atoms with van der Waals surface area (Å²) in [5.41, 5.74) is 5.51. The molecule has 0 saturated carbocycles. The van der Waals surface area contributed by atoms with Crippen molar-refractivity contribution in [2.24, 2.45) is 0 Å². The van der Waals surface area contributed by atoms with E-state index in [4.69, 9.17) is 4.98 Å². The zero-order valence-electron chi connectivity index (χ0n) is 20.5. The largest absolute Gasteiger partial charge is 0.355 e. The molecule has 3 aromatic carbocycles. The summed E-state index contributed by atoms with van der Waals surface area (Å²) in [5.74, 6) is 0.740. The van der Waals surface area contributed by atoms with E-state index < -0.39 is 0 Å². The highest BCUT2D eigenvalue weighted by molar-refractivity contribution is 7.99. The Hall–Kier alpha value is -3.31. The third-order valence-electron chi connectivity index (χ3n) is 6.03. The molecule has 1 heterocycles. The average Bonchev–Trinajstić information content (AvgIpc) is 3.27. The van der Waals surface area contributed by atoms with Crippen LogP contribution in [0.25, 0.3) is 22.5 Å². The summed E-state index contributed by atoms with van der Waals surface area (Å²) >= 11 is 1.71. The smallest absolute Gasteiger partial charge is 0.227 e. The highest BCUT2D eigenvalue weighted by Gasteiger charge is 2.21. The van der Waals surface area contributed by atoms with Crippen LogP contribution in [0.15, 0.2) is 96.2 Å². The third kappa shape index (κ3) is 6.04. The molecule has 4 nitrogen and oxygen atoms in total. The van der Waals surface area contributed by atoms with Gasteiger partial charge in [0.25, 0.3) is 0 Å². The van der Waals surface area contributed by atoms with Crippen molar-refractivity contribution in [3.8, 4) is 22.5 Å². The Kier molecular flexibility index (Phi) is 8.79. The number of amides is 1. The fourth-order valence-electron chi connectivity index (χ4n) is 4.36. The quantitative estimate of drug-likeness (QED) is 0.184. The number of hydrogen-bond acceptors (Lipinski definition) is 3. The predicted molar refractivity (Wildman–Crippen MR) is 147 cm³/mol. The molecular formula is C30H33N3OS. The summed E-state index contributed by atoms with van der Waals surface area (Å²) in [6.07, 6.45) is 1.80. The van der Waals surface area contributed by atoms with E-state index in [1.165, 1.54) is 5.56 Å². The molecule has 180 valence electrons. The van der Waals surface area contributed by atoms with Gasteiger partial charge in [0.2, 0.25) is 5.91 Å². The van der Waals surface area contributed by atoms with Crippen LogP contribution < -0.4 is 5.32 Å². The number of carbonyl (C=O) groups is 1. The standard InChI is InChI=1S/C30H33N3OS/c1-3-21-33-28(25-18-12-7-13-19-25)27(24-16-10-6-11-17-24)32-30(33)35-22-20-31-29(34)26(4-2)23-14-8-5-9-15-23/h5-19,26H,3-4,20-22H2,1-2H3,(H,31,34). The van der Waals surface area contributed by atoms with Crippen molar-refractivity contribution >= 4 is 17.7 Å². The highest BCUT2D eigenvalue weighted by Crippen LogP contribution is 2.36. The van der Waals surface area contributed by atoms with Gasteiger partial charge in [-0.2, -0.15) is 0 Å². The first-order valence-electron chi connectivity index (χ1n) is 12.4. The van der Waals surface area contributed by atoms with Gasteiger partial charge in [0.15, 0.2) is 5.16 Å².